The summed E-state index contributed by atoms with van der Waals surface area (Å²) in [6, 6.07) is 12.4. The molecule has 35 heavy (non-hydrogen) atoms. The third-order valence-corrected chi connectivity index (χ3v) is 6.48. The number of morpholine rings is 1. The highest BCUT2D eigenvalue weighted by Gasteiger charge is 2.22. The van der Waals surface area contributed by atoms with E-state index in [1.807, 2.05) is 18.2 Å². The van der Waals surface area contributed by atoms with Gasteiger partial charge in [0.1, 0.15) is 29.5 Å². The van der Waals surface area contributed by atoms with Crippen LogP contribution in [-0.4, -0.2) is 43.4 Å². The first-order valence-corrected chi connectivity index (χ1v) is 11.4. The third-order valence-electron chi connectivity index (χ3n) is 6.48. The number of halogens is 3. The Morgan fingerprint density at radius 1 is 0.886 bits per heavy atom. The molecule has 4 aromatic rings. The molecule has 0 N–H and O–H groups in total. The number of methoxy groups -OCH3 is 1. The van der Waals surface area contributed by atoms with Gasteiger partial charge in [-0.3, -0.25) is 0 Å². The molecule has 1 unspecified atom stereocenters. The molecule has 180 valence electrons. The van der Waals surface area contributed by atoms with Gasteiger partial charge in [-0.25, -0.2) is 23.1 Å². The van der Waals surface area contributed by atoms with Crippen LogP contribution in [0.15, 0.2) is 54.9 Å². The number of hydrogen-bond donors (Lipinski definition) is 0. The van der Waals surface area contributed by atoms with Crippen molar-refractivity contribution in [2.45, 2.75) is 12.8 Å². The number of ether oxygens (including phenoxy) is 2. The molecule has 0 amide bonds. The number of fused-ring (bicyclic) bond motifs is 1. The van der Waals surface area contributed by atoms with Gasteiger partial charge in [-0.05, 0) is 41.5 Å². The number of rotatable bonds is 5. The summed E-state index contributed by atoms with van der Waals surface area (Å²) in [5.41, 5.74) is 2.58. The standard InChI is InChI=1S/C27H24F3N3O2/c1-16(19-6-4-18(34-2)12-23(19)28)21-13-22(25(30)14-24(21)29)27-20-5-3-17(11-26(20)31-15-32-27)33-7-9-35-10-8-33/h3-6,11-16H,7-10H2,1-2H3. The second kappa shape index (κ2) is 9.54. The first-order chi connectivity index (χ1) is 17.0. The summed E-state index contributed by atoms with van der Waals surface area (Å²) in [5.74, 6) is -2.32. The predicted molar refractivity (Wildman–Crippen MR) is 128 cm³/mol. The van der Waals surface area contributed by atoms with Crippen LogP contribution in [0.25, 0.3) is 22.2 Å². The van der Waals surface area contributed by atoms with E-state index in [0.717, 1.165) is 24.8 Å². The number of aromatic nitrogens is 2. The van der Waals surface area contributed by atoms with Gasteiger partial charge in [0.2, 0.25) is 0 Å². The van der Waals surface area contributed by atoms with Gasteiger partial charge in [-0.2, -0.15) is 0 Å². The van der Waals surface area contributed by atoms with E-state index in [1.54, 1.807) is 19.1 Å². The number of anilines is 1. The second-order valence-electron chi connectivity index (χ2n) is 8.49. The van der Waals surface area contributed by atoms with Gasteiger partial charge in [-0.1, -0.05) is 13.0 Å². The minimum atomic E-state index is -0.748. The van der Waals surface area contributed by atoms with Crippen molar-refractivity contribution in [1.82, 2.24) is 9.97 Å². The average Bonchev–Trinajstić information content (AvgIpc) is 2.88. The van der Waals surface area contributed by atoms with Gasteiger partial charge in [-0.15, -0.1) is 0 Å². The number of hydrogen-bond acceptors (Lipinski definition) is 5. The Hall–Kier alpha value is -3.65. The lowest BCUT2D eigenvalue weighted by atomic mass is 9.90. The fraction of sp³-hybridized carbons (Fsp3) is 0.259. The molecule has 5 rings (SSSR count). The molecule has 1 saturated heterocycles. The predicted octanol–water partition coefficient (Wildman–Crippen LogP) is 5.71. The lowest BCUT2D eigenvalue weighted by molar-refractivity contribution is 0.122. The Kier molecular flexibility index (Phi) is 6.30. The maximum atomic E-state index is 15.0. The van der Waals surface area contributed by atoms with E-state index in [2.05, 4.69) is 14.9 Å². The normalized spacial score (nSPS) is 14.8. The SMILES string of the molecule is COc1ccc(C(C)c2cc(-c3ncnc4cc(N5CCOCC5)ccc34)c(F)cc2F)c(F)c1. The van der Waals surface area contributed by atoms with Gasteiger partial charge >= 0.3 is 0 Å². The van der Waals surface area contributed by atoms with E-state index < -0.39 is 23.4 Å². The molecule has 3 aromatic carbocycles. The molecule has 0 saturated carbocycles. The smallest absolute Gasteiger partial charge is 0.135 e. The quantitative estimate of drug-likeness (QED) is 0.367. The highest BCUT2D eigenvalue weighted by atomic mass is 19.1. The average molecular weight is 480 g/mol. The molecule has 1 atom stereocenters. The topological polar surface area (TPSA) is 47.5 Å². The maximum Gasteiger partial charge on any atom is 0.135 e. The fourth-order valence-electron chi connectivity index (χ4n) is 4.51. The fourth-order valence-corrected chi connectivity index (χ4v) is 4.51. The molecular weight excluding hydrogens is 455 g/mol. The van der Waals surface area contributed by atoms with Gasteiger partial charge in [0.25, 0.3) is 0 Å². The van der Waals surface area contributed by atoms with E-state index in [1.165, 1.54) is 25.6 Å². The molecule has 0 bridgehead atoms. The van der Waals surface area contributed by atoms with E-state index in [9.17, 15) is 8.78 Å². The van der Waals surface area contributed by atoms with Crippen molar-refractivity contribution in [2.24, 2.45) is 0 Å². The summed E-state index contributed by atoms with van der Waals surface area (Å²) >= 11 is 0. The zero-order valence-corrected chi connectivity index (χ0v) is 19.4. The van der Waals surface area contributed by atoms with E-state index in [-0.39, 0.29) is 16.7 Å². The largest absolute Gasteiger partial charge is 0.497 e. The first-order valence-electron chi connectivity index (χ1n) is 11.4. The summed E-state index contributed by atoms with van der Waals surface area (Å²) in [4.78, 5) is 10.9. The Balaban J connectivity index is 1.57. The highest BCUT2D eigenvalue weighted by molar-refractivity contribution is 5.94. The van der Waals surface area contributed by atoms with Crippen LogP contribution in [0.1, 0.15) is 24.0 Å². The highest BCUT2D eigenvalue weighted by Crippen LogP contribution is 2.36. The minimum Gasteiger partial charge on any atom is -0.497 e. The van der Waals surface area contributed by atoms with Gasteiger partial charge in [0.15, 0.2) is 0 Å². The zero-order chi connectivity index (χ0) is 24.5. The van der Waals surface area contributed by atoms with Crippen LogP contribution >= 0.6 is 0 Å². The summed E-state index contributed by atoms with van der Waals surface area (Å²) in [6.07, 6.45) is 1.37. The zero-order valence-electron chi connectivity index (χ0n) is 19.4. The van der Waals surface area contributed by atoms with Crippen LogP contribution in [0.4, 0.5) is 18.9 Å². The Bertz CT molecular complexity index is 1390. The Morgan fingerprint density at radius 3 is 2.40 bits per heavy atom. The monoisotopic (exact) mass is 479 g/mol. The van der Waals surface area contributed by atoms with Crippen molar-refractivity contribution in [3.8, 4) is 17.0 Å². The molecule has 2 heterocycles. The second-order valence-corrected chi connectivity index (χ2v) is 8.49. The molecule has 0 aliphatic carbocycles. The van der Waals surface area contributed by atoms with Crippen LogP contribution in [0.5, 0.6) is 5.75 Å². The molecule has 1 aromatic heterocycles. The summed E-state index contributed by atoms with van der Waals surface area (Å²) in [6.45, 7) is 4.54. The van der Waals surface area contributed by atoms with E-state index >= 15 is 4.39 Å². The van der Waals surface area contributed by atoms with Crippen LogP contribution in [0.3, 0.4) is 0 Å². The first kappa shape index (κ1) is 23.1. The van der Waals surface area contributed by atoms with Crippen molar-refractivity contribution in [1.29, 1.82) is 0 Å². The van der Waals surface area contributed by atoms with Crippen molar-refractivity contribution in [3.63, 3.8) is 0 Å². The van der Waals surface area contributed by atoms with E-state index in [4.69, 9.17) is 9.47 Å². The lowest BCUT2D eigenvalue weighted by Crippen LogP contribution is -2.36. The molecule has 0 spiro atoms. The van der Waals surface area contributed by atoms with Crippen LogP contribution in [0, 0.1) is 17.5 Å². The minimum absolute atomic E-state index is 0.133. The van der Waals surface area contributed by atoms with Crippen molar-refractivity contribution in [2.75, 3.05) is 38.3 Å². The molecule has 1 aliphatic rings. The van der Waals surface area contributed by atoms with Crippen molar-refractivity contribution < 1.29 is 22.6 Å². The molecule has 1 fully saturated rings. The number of nitrogens with zero attached hydrogens (tertiary/aromatic N) is 3. The van der Waals surface area contributed by atoms with Crippen LogP contribution in [0.2, 0.25) is 0 Å². The molecule has 8 heteroatoms. The molecule has 1 aliphatic heterocycles. The van der Waals surface area contributed by atoms with Gasteiger partial charge in [0, 0.05) is 47.8 Å². The summed E-state index contributed by atoms with van der Waals surface area (Å²) in [5, 5.41) is 0.643. The summed E-state index contributed by atoms with van der Waals surface area (Å²) < 4.78 is 55.1. The Labute approximate surface area is 201 Å². The Morgan fingerprint density at radius 2 is 1.66 bits per heavy atom. The number of benzene rings is 3. The van der Waals surface area contributed by atoms with Crippen molar-refractivity contribution in [3.05, 3.63) is 83.4 Å². The lowest BCUT2D eigenvalue weighted by Gasteiger charge is -2.29. The molecule has 0 radical (unpaired) electrons. The van der Waals surface area contributed by atoms with Gasteiger partial charge in [0.05, 0.1) is 31.5 Å². The maximum absolute atomic E-state index is 15.0. The van der Waals surface area contributed by atoms with Crippen LogP contribution in [-0.2, 0) is 4.74 Å². The van der Waals surface area contributed by atoms with Crippen molar-refractivity contribution >= 4 is 16.6 Å². The molecule has 5 nitrogen and oxygen atoms in total. The van der Waals surface area contributed by atoms with Crippen LogP contribution < -0.4 is 9.64 Å². The summed E-state index contributed by atoms with van der Waals surface area (Å²) in [7, 11) is 1.44. The van der Waals surface area contributed by atoms with Gasteiger partial charge < -0.3 is 14.4 Å². The molecular formula is C27H24F3N3O2. The third kappa shape index (κ3) is 4.41. The van der Waals surface area contributed by atoms with E-state index in [0.29, 0.717) is 35.6 Å².